The molecule has 0 bridgehead atoms. The molecule has 0 aliphatic carbocycles. The number of para-hydroxylation sites is 1. The minimum atomic E-state index is -1.71. The van der Waals surface area contributed by atoms with Crippen molar-refractivity contribution < 1.29 is 54.7 Å². The van der Waals surface area contributed by atoms with Gasteiger partial charge in [0.25, 0.3) is 0 Å². The fourth-order valence-electron chi connectivity index (χ4n) is 3.29. The zero-order chi connectivity index (χ0) is 21.1. The predicted molar refractivity (Wildman–Crippen MR) is 93.5 cm³/mol. The summed E-state index contributed by atoms with van der Waals surface area (Å²) in [4.78, 5) is 0. The lowest BCUT2D eigenvalue weighted by Crippen LogP contribution is -2.65. The molecular formula is C18H26O11. The zero-order valence-electron chi connectivity index (χ0n) is 15.3. The summed E-state index contributed by atoms with van der Waals surface area (Å²) < 4.78 is 21.7. The zero-order valence-corrected chi connectivity index (χ0v) is 15.3. The van der Waals surface area contributed by atoms with E-state index in [0.717, 1.165) is 0 Å². The van der Waals surface area contributed by atoms with Gasteiger partial charge in [-0.05, 0) is 12.1 Å². The van der Waals surface area contributed by atoms with E-state index in [0.29, 0.717) is 5.75 Å². The summed E-state index contributed by atoms with van der Waals surface area (Å²) >= 11 is 0. The molecule has 0 amide bonds. The van der Waals surface area contributed by atoms with Crippen molar-refractivity contribution in [1.29, 1.82) is 0 Å². The number of aliphatic hydroxyl groups is 7. The Morgan fingerprint density at radius 2 is 1.28 bits per heavy atom. The van der Waals surface area contributed by atoms with E-state index in [1.165, 1.54) is 0 Å². The Labute approximate surface area is 166 Å². The van der Waals surface area contributed by atoms with E-state index in [1.807, 2.05) is 0 Å². The molecule has 164 valence electrons. The van der Waals surface area contributed by atoms with E-state index in [9.17, 15) is 35.7 Å². The normalized spacial score (nSPS) is 43.1. The molecule has 0 unspecified atom stereocenters. The standard InChI is InChI=1S/C18H26O11/c19-6-9-11(21)12(22)14(24)18(27-9)29-16-10(7-20)28-17(15(25)13(16)23)26-8-4-2-1-3-5-8/h1-5,9-25H,6-7H2/t9-,10-,11+,12+,13-,14-,15-,16-,17-,18+/m1/s1. The molecule has 2 heterocycles. The van der Waals surface area contributed by atoms with Gasteiger partial charge in [0, 0.05) is 0 Å². The first kappa shape index (κ1) is 22.3. The minimum Gasteiger partial charge on any atom is -0.462 e. The van der Waals surface area contributed by atoms with E-state index in [1.54, 1.807) is 30.3 Å². The second-order valence-electron chi connectivity index (χ2n) is 6.94. The van der Waals surface area contributed by atoms with Crippen LogP contribution in [0.4, 0.5) is 0 Å². The molecule has 2 aliphatic heterocycles. The van der Waals surface area contributed by atoms with Gasteiger partial charge in [0.15, 0.2) is 6.29 Å². The third-order valence-electron chi connectivity index (χ3n) is 4.96. The van der Waals surface area contributed by atoms with Gasteiger partial charge in [-0.25, -0.2) is 0 Å². The molecule has 7 N–H and O–H groups in total. The molecule has 0 aromatic heterocycles. The van der Waals surface area contributed by atoms with Crippen molar-refractivity contribution >= 4 is 0 Å². The predicted octanol–water partition coefficient (Wildman–Crippen LogP) is -3.31. The molecule has 3 rings (SSSR count). The first-order chi connectivity index (χ1) is 13.9. The second-order valence-corrected chi connectivity index (χ2v) is 6.94. The SMILES string of the molecule is OC[C@H]1O[C@@H](O[C@H]2[C@H](O)[C@@H](O)[C@H](Oc3ccccc3)O[C@@H]2CO)[C@H](O)[C@@H](O)[C@H]1O. The Morgan fingerprint density at radius 3 is 1.90 bits per heavy atom. The van der Waals surface area contributed by atoms with Crippen LogP contribution in [0.5, 0.6) is 5.75 Å². The van der Waals surface area contributed by atoms with Crippen LogP contribution in [0.3, 0.4) is 0 Å². The van der Waals surface area contributed by atoms with Crippen molar-refractivity contribution in [3.05, 3.63) is 30.3 Å². The van der Waals surface area contributed by atoms with Crippen molar-refractivity contribution in [2.75, 3.05) is 13.2 Å². The molecule has 0 radical (unpaired) electrons. The van der Waals surface area contributed by atoms with Crippen molar-refractivity contribution in [3.8, 4) is 5.75 Å². The van der Waals surface area contributed by atoms with E-state index in [4.69, 9.17) is 18.9 Å². The van der Waals surface area contributed by atoms with Gasteiger partial charge in [-0.2, -0.15) is 0 Å². The van der Waals surface area contributed by atoms with Gasteiger partial charge in [0.05, 0.1) is 13.2 Å². The largest absolute Gasteiger partial charge is 0.462 e. The van der Waals surface area contributed by atoms with E-state index >= 15 is 0 Å². The Bertz CT molecular complexity index is 627. The van der Waals surface area contributed by atoms with Crippen LogP contribution in [0.1, 0.15) is 0 Å². The van der Waals surface area contributed by atoms with Crippen LogP contribution in [0.2, 0.25) is 0 Å². The van der Waals surface area contributed by atoms with Crippen LogP contribution in [-0.2, 0) is 14.2 Å². The highest BCUT2D eigenvalue weighted by Crippen LogP contribution is 2.30. The maximum absolute atomic E-state index is 10.5. The molecule has 29 heavy (non-hydrogen) atoms. The number of hydrogen-bond acceptors (Lipinski definition) is 11. The van der Waals surface area contributed by atoms with Crippen LogP contribution in [0, 0.1) is 0 Å². The third kappa shape index (κ3) is 4.70. The first-order valence-electron chi connectivity index (χ1n) is 9.17. The lowest BCUT2D eigenvalue weighted by Gasteiger charge is -2.45. The van der Waals surface area contributed by atoms with Gasteiger partial charge in [-0.1, -0.05) is 18.2 Å². The first-order valence-corrected chi connectivity index (χ1v) is 9.17. The second kappa shape index (κ2) is 9.62. The molecule has 2 saturated heterocycles. The Morgan fingerprint density at radius 1 is 0.690 bits per heavy atom. The van der Waals surface area contributed by atoms with Crippen molar-refractivity contribution in [3.63, 3.8) is 0 Å². The summed E-state index contributed by atoms with van der Waals surface area (Å²) in [6.45, 7) is -1.28. The third-order valence-corrected chi connectivity index (χ3v) is 4.96. The van der Waals surface area contributed by atoms with Gasteiger partial charge >= 0.3 is 0 Å². The molecule has 0 spiro atoms. The lowest BCUT2D eigenvalue weighted by atomic mass is 9.97. The molecular weight excluding hydrogens is 392 g/mol. The Hall–Kier alpha value is -1.38. The smallest absolute Gasteiger partial charge is 0.229 e. The summed E-state index contributed by atoms with van der Waals surface area (Å²) in [5.74, 6) is 0.369. The van der Waals surface area contributed by atoms with Gasteiger partial charge in [-0.15, -0.1) is 0 Å². The van der Waals surface area contributed by atoms with Gasteiger partial charge in [0.2, 0.25) is 6.29 Å². The van der Waals surface area contributed by atoms with Crippen LogP contribution in [0.15, 0.2) is 30.3 Å². The summed E-state index contributed by atoms with van der Waals surface area (Å²) in [6.07, 6.45) is -14.8. The maximum atomic E-state index is 10.5. The van der Waals surface area contributed by atoms with Crippen molar-refractivity contribution in [2.45, 2.75) is 61.4 Å². The highest BCUT2D eigenvalue weighted by molar-refractivity contribution is 5.21. The molecule has 1 aromatic carbocycles. The van der Waals surface area contributed by atoms with Crippen LogP contribution in [0.25, 0.3) is 0 Å². The molecule has 11 heteroatoms. The summed E-state index contributed by atoms with van der Waals surface area (Å²) in [5.41, 5.74) is 0. The molecule has 1 aromatic rings. The Balaban J connectivity index is 1.71. The van der Waals surface area contributed by atoms with Crippen LogP contribution >= 0.6 is 0 Å². The molecule has 2 aliphatic rings. The molecule has 0 saturated carbocycles. The van der Waals surface area contributed by atoms with Crippen LogP contribution in [-0.4, -0.2) is 110 Å². The van der Waals surface area contributed by atoms with Crippen LogP contribution < -0.4 is 4.74 Å². The summed E-state index contributed by atoms with van der Waals surface area (Å²) in [6, 6.07) is 8.41. The average molecular weight is 418 g/mol. The lowest BCUT2D eigenvalue weighted by molar-refractivity contribution is -0.352. The van der Waals surface area contributed by atoms with Crippen molar-refractivity contribution in [2.24, 2.45) is 0 Å². The monoisotopic (exact) mass is 418 g/mol. The minimum absolute atomic E-state index is 0.369. The van der Waals surface area contributed by atoms with Crippen molar-refractivity contribution in [1.82, 2.24) is 0 Å². The highest BCUT2D eigenvalue weighted by atomic mass is 16.7. The molecule has 2 fully saturated rings. The van der Waals surface area contributed by atoms with E-state index < -0.39 is 74.6 Å². The Kier molecular flexibility index (Phi) is 7.40. The summed E-state index contributed by atoms with van der Waals surface area (Å²) in [5, 5.41) is 69.6. The number of benzene rings is 1. The number of ether oxygens (including phenoxy) is 4. The number of rotatable bonds is 6. The highest BCUT2D eigenvalue weighted by Gasteiger charge is 2.51. The maximum Gasteiger partial charge on any atom is 0.229 e. The van der Waals surface area contributed by atoms with E-state index in [-0.39, 0.29) is 0 Å². The quantitative estimate of drug-likeness (QED) is 0.246. The molecule has 10 atom stereocenters. The van der Waals surface area contributed by atoms with Gasteiger partial charge in [-0.3, -0.25) is 0 Å². The van der Waals surface area contributed by atoms with Gasteiger partial charge < -0.3 is 54.7 Å². The van der Waals surface area contributed by atoms with Gasteiger partial charge in [0.1, 0.15) is 54.6 Å². The number of hydrogen-bond donors (Lipinski definition) is 7. The average Bonchev–Trinajstić information content (AvgIpc) is 2.74. The number of aliphatic hydroxyl groups excluding tert-OH is 7. The summed E-state index contributed by atoms with van der Waals surface area (Å²) in [7, 11) is 0. The topological polar surface area (TPSA) is 179 Å². The fraction of sp³-hybridized carbons (Fsp3) is 0.667. The molecule has 11 nitrogen and oxygen atoms in total. The fourth-order valence-corrected chi connectivity index (χ4v) is 3.29. The van der Waals surface area contributed by atoms with E-state index in [2.05, 4.69) is 0 Å².